The zero-order chi connectivity index (χ0) is 57.5. The van der Waals surface area contributed by atoms with Crippen LogP contribution in [-0.2, 0) is 43.8 Å². The lowest BCUT2D eigenvalue weighted by molar-refractivity contribution is -0.179. The molecular formula is C60H60N8O9S4. The minimum Gasteiger partial charge on any atom is -0.457 e. The molecule has 418 valence electrons. The summed E-state index contributed by atoms with van der Waals surface area (Å²) in [5.74, 6) is -2.69. The summed E-state index contributed by atoms with van der Waals surface area (Å²) < 4.78 is 19.3. The van der Waals surface area contributed by atoms with Crippen molar-refractivity contribution in [2.75, 3.05) is 16.2 Å². The summed E-state index contributed by atoms with van der Waals surface area (Å²) in [6, 6.07) is 48.0. The van der Waals surface area contributed by atoms with Gasteiger partial charge in [-0.1, -0.05) is 174 Å². The zero-order valence-corrected chi connectivity index (χ0v) is 49.0. The van der Waals surface area contributed by atoms with Gasteiger partial charge in [0.05, 0.1) is 11.3 Å². The van der Waals surface area contributed by atoms with Crippen LogP contribution in [0.25, 0.3) is 0 Å². The van der Waals surface area contributed by atoms with Crippen molar-refractivity contribution >= 4 is 87.3 Å². The molecule has 0 bridgehead atoms. The van der Waals surface area contributed by atoms with Gasteiger partial charge in [-0.05, 0) is 83.2 Å². The number of hydrogen-bond acceptors (Lipinski definition) is 17. The Kier molecular flexibility index (Phi) is 17.6. The predicted molar refractivity (Wildman–Crippen MR) is 315 cm³/mol. The van der Waals surface area contributed by atoms with Crippen LogP contribution in [0.5, 0.6) is 0 Å². The fourth-order valence-corrected chi connectivity index (χ4v) is 13.1. The topological polar surface area (TPSA) is 206 Å². The second kappa shape index (κ2) is 24.6. The number of hydrogen-bond donors (Lipinski definition) is 2. The Hall–Kier alpha value is -7.72. The number of ether oxygens (including phenoxy) is 3. The van der Waals surface area contributed by atoms with E-state index in [4.69, 9.17) is 24.3 Å². The molecule has 21 heteroatoms. The van der Waals surface area contributed by atoms with Crippen LogP contribution in [-0.4, -0.2) is 99.5 Å². The third kappa shape index (κ3) is 13.4. The standard InChI is InChI=1S/C60H60N8O9S4/c1-57(2,3)75-54(72)59(7,8)77-65-46(43-35-79-55(61-43)63-56(73)76-58(4,5)6)50(69)62-47-51(70)68-48(53(71)74-49(38-24-14-9-15-25-38)39-26-16-10-17-27-39)44(36-78-52(47)68)80-37-81-45-34-67(66-64-45)60(40-28-18-11-19-29-40,41-30-20-12-21-31-41)42-32-22-13-23-33-42/h9-35,47,49,52H,36-37H2,1-8H3,(H,62,69)(H,61,63,73)/b65-46-/t47-,52-/m1/s1. The van der Waals surface area contributed by atoms with Gasteiger partial charge in [-0.25, -0.2) is 24.0 Å². The smallest absolute Gasteiger partial charge is 0.413 e. The summed E-state index contributed by atoms with van der Waals surface area (Å²) in [6.45, 7) is 13.1. The molecule has 5 aromatic carbocycles. The average molecular weight is 1170 g/mol. The Morgan fingerprint density at radius 1 is 0.728 bits per heavy atom. The van der Waals surface area contributed by atoms with Crippen molar-refractivity contribution in [3.05, 3.63) is 207 Å². The number of aromatic nitrogens is 4. The maximum atomic E-state index is 15.0. The van der Waals surface area contributed by atoms with Crippen molar-refractivity contribution in [2.45, 2.75) is 100 Å². The van der Waals surface area contributed by atoms with Crippen LogP contribution in [0.4, 0.5) is 9.93 Å². The van der Waals surface area contributed by atoms with Gasteiger partial charge in [0, 0.05) is 16.0 Å². The first-order valence-electron chi connectivity index (χ1n) is 25.8. The van der Waals surface area contributed by atoms with Gasteiger partial charge in [0.25, 0.3) is 11.8 Å². The molecule has 2 aliphatic rings. The number of thiazole rings is 1. The second-order valence-electron chi connectivity index (χ2n) is 21.2. The summed E-state index contributed by atoms with van der Waals surface area (Å²) in [7, 11) is 0. The first-order valence-corrected chi connectivity index (χ1v) is 29.7. The van der Waals surface area contributed by atoms with Crippen molar-refractivity contribution in [3.63, 3.8) is 0 Å². The number of amides is 3. The number of anilines is 1. The Morgan fingerprint density at radius 3 is 1.79 bits per heavy atom. The lowest BCUT2D eigenvalue weighted by Gasteiger charge is -2.49. The highest BCUT2D eigenvalue weighted by Crippen LogP contribution is 2.46. The number of carbonyl (C=O) groups excluding carboxylic acids is 5. The number of thioether (sulfide) groups is 3. The Bertz CT molecular complexity index is 3300. The molecule has 0 radical (unpaired) electrons. The van der Waals surface area contributed by atoms with E-state index in [1.165, 1.54) is 59.4 Å². The van der Waals surface area contributed by atoms with Gasteiger partial charge in [-0.2, -0.15) is 0 Å². The first kappa shape index (κ1) is 58.0. The SMILES string of the molecule is CC(C)(C)OC(=O)Nc1nc(/C(=N/OC(C)(C)C(=O)OC(C)(C)C)C(=O)N[C@@H]2C(=O)N3C(C(=O)OC(c4ccccc4)c4ccccc4)=C(SCSc4cn(C(c5ccccc5)(c5ccccc5)c5ccccc5)nn4)CS[C@H]23)cs1. The van der Waals surface area contributed by atoms with Crippen LogP contribution in [0, 0.1) is 0 Å². The Labute approximate surface area is 486 Å². The summed E-state index contributed by atoms with van der Waals surface area (Å²) in [5, 5.41) is 20.7. The van der Waals surface area contributed by atoms with Gasteiger partial charge in [0.15, 0.2) is 16.9 Å². The highest BCUT2D eigenvalue weighted by Gasteiger charge is 2.55. The molecule has 3 amide bonds. The number of nitrogens with one attached hydrogen (secondary N) is 2. The van der Waals surface area contributed by atoms with Crippen LogP contribution in [0.2, 0.25) is 0 Å². The van der Waals surface area contributed by atoms with Gasteiger partial charge in [0.2, 0.25) is 5.60 Å². The summed E-state index contributed by atoms with van der Waals surface area (Å²) in [6.07, 6.45) is 0.314. The van der Waals surface area contributed by atoms with Gasteiger partial charge in [0.1, 0.15) is 44.6 Å². The van der Waals surface area contributed by atoms with Crippen molar-refractivity contribution in [1.29, 1.82) is 0 Å². The Balaban J connectivity index is 1.01. The van der Waals surface area contributed by atoms with E-state index < -0.39 is 75.4 Å². The summed E-state index contributed by atoms with van der Waals surface area (Å²) in [5.41, 5.74) is -0.230. The molecule has 0 spiro atoms. The summed E-state index contributed by atoms with van der Waals surface area (Å²) in [4.78, 5) is 82.3. The molecule has 0 saturated carbocycles. The van der Waals surface area contributed by atoms with Gasteiger partial charge < -0.3 is 24.4 Å². The largest absolute Gasteiger partial charge is 0.457 e. The third-order valence-corrected chi connectivity index (χ3v) is 16.8. The number of carbonyl (C=O) groups is 5. The summed E-state index contributed by atoms with van der Waals surface area (Å²) >= 11 is 5.15. The number of rotatable bonds is 19. The number of oxime groups is 1. The number of benzene rings is 5. The fourth-order valence-electron chi connectivity index (χ4n) is 8.86. The molecule has 2 aromatic heterocycles. The van der Waals surface area contributed by atoms with Crippen LogP contribution >= 0.6 is 46.6 Å². The quantitative estimate of drug-likeness (QED) is 0.0113. The van der Waals surface area contributed by atoms with E-state index in [1.807, 2.05) is 126 Å². The molecule has 0 aliphatic carbocycles. The molecule has 17 nitrogen and oxygen atoms in total. The van der Waals surface area contributed by atoms with E-state index in [9.17, 15) is 19.2 Å². The maximum Gasteiger partial charge on any atom is 0.413 e. The monoisotopic (exact) mass is 1160 g/mol. The molecule has 81 heavy (non-hydrogen) atoms. The Morgan fingerprint density at radius 2 is 1.26 bits per heavy atom. The molecule has 1 fully saturated rings. The predicted octanol–water partition coefficient (Wildman–Crippen LogP) is 11.2. The van der Waals surface area contributed by atoms with E-state index in [2.05, 4.69) is 62.3 Å². The first-order chi connectivity index (χ1) is 38.7. The average Bonchev–Trinajstić information content (AvgIpc) is 4.30. The lowest BCUT2D eigenvalue weighted by Crippen LogP contribution is -2.71. The highest BCUT2D eigenvalue weighted by atomic mass is 32.2. The molecule has 2 N–H and O–H groups in total. The molecule has 2 aliphatic heterocycles. The molecule has 9 rings (SSSR count). The van der Waals surface area contributed by atoms with E-state index >= 15 is 4.79 Å². The minimum absolute atomic E-state index is 0.0393. The fraction of sp³-hybridized carbons (Fsp3) is 0.283. The number of fused-ring (bicyclic) bond motifs is 1. The molecule has 0 unspecified atom stereocenters. The third-order valence-electron chi connectivity index (χ3n) is 12.5. The second-order valence-corrected chi connectivity index (χ2v) is 25.6. The van der Waals surface area contributed by atoms with E-state index in [1.54, 1.807) is 41.5 Å². The van der Waals surface area contributed by atoms with Gasteiger partial charge in [-0.3, -0.25) is 19.8 Å². The van der Waals surface area contributed by atoms with Crippen LogP contribution in [0.15, 0.2) is 184 Å². The van der Waals surface area contributed by atoms with Gasteiger partial charge in [-0.15, -0.1) is 40.0 Å². The molecule has 1 saturated heterocycles. The van der Waals surface area contributed by atoms with Crippen LogP contribution in [0.1, 0.15) is 95.0 Å². The number of nitrogens with zero attached hydrogens (tertiary/aromatic N) is 6. The minimum atomic E-state index is -1.69. The number of β-lactam (4-membered cyclic amide) rings is 1. The van der Waals surface area contributed by atoms with Crippen molar-refractivity contribution in [3.8, 4) is 0 Å². The van der Waals surface area contributed by atoms with Crippen molar-refractivity contribution in [1.82, 2.24) is 30.2 Å². The van der Waals surface area contributed by atoms with E-state index in [-0.39, 0.29) is 22.3 Å². The number of esters is 2. The van der Waals surface area contributed by atoms with E-state index in [0.717, 1.165) is 39.2 Å². The van der Waals surface area contributed by atoms with Gasteiger partial charge >= 0.3 is 18.0 Å². The molecule has 7 aromatic rings. The van der Waals surface area contributed by atoms with Crippen molar-refractivity contribution < 1.29 is 43.0 Å². The zero-order valence-electron chi connectivity index (χ0n) is 45.7. The van der Waals surface area contributed by atoms with Crippen LogP contribution in [0.3, 0.4) is 0 Å². The highest BCUT2D eigenvalue weighted by molar-refractivity contribution is 8.18. The molecule has 4 heterocycles. The maximum absolute atomic E-state index is 15.0. The van der Waals surface area contributed by atoms with E-state index in [0.29, 0.717) is 15.0 Å². The normalized spacial score (nSPS) is 15.8. The lowest BCUT2D eigenvalue weighted by atomic mass is 9.77. The van der Waals surface area contributed by atoms with Crippen molar-refractivity contribution in [2.24, 2.45) is 5.16 Å². The van der Waals surface area contributed by atoms with Crippen LogP contribution < -0.4 is 10.6 Å². The molecule has 2 atom stereocenters. The molecular weight excluding hydrogens is 1100 g/mol.